The molecule has 5 rings (SSSR count). The average molecular weight is 538 g/mol. The van der Waals surface area contributed by atoms with Crippen LogP contribution in [0, 0.1) is 6.92 Å². The number of benzene rings is 1. The van der Waals surface area contributed by atoms with Gasteiger partial charge in [-0.15, -0.1) is 10.2 Å². The van der Waals surface area contributed by atoms with Crippen LogP contribution in [-0.2, 0) is 15.6 Å². The Bertz CT molecular complexity index is 1650. The van der Waals surface area contributed by atoms with E-state index >= 15 is 0 Å². The lowest BCUT2D eigenvalue weighted by atomic mass is 10.2. The van der Waals surface area contributed by atoms with Gasteiger partial charge in [0.15, 0.2) is 21.4 Å². The van der Waals surface area contributed by atoms with Crippen LogP contribution in [-0.4, -0.2) is 57.4 Å². The van der Waals surface area contributed by atoms with Crippen molar-refractivity contribution in [2.75, 3.05) is 14.2 Å². The van der Waals surface area contributed by atoms with E-state index in [1.54, 1.807) is 64.7 Å². The van der Waals surface area contributed by atoms with Crippen molar-refractivity contribution in [2.24, 2.45) is 0 Å². The fourth-order valence-electron chi connectivity index (χ4n) is 4.26. The van der Waals surface area contributed by atoms with Gasteiger partial charge in [0.05, 0.1) is 30.7 Å². The number of aromatic nitrogens is 5. The van der Waals surface area contributed by atoms with E-state index in [0.717, 1.165) is 5.52 Å². The first-order valence-corrected chi connectivity index (χ1v) is 13.5. The summed E-state index contributed by atoms with van der Waals surface area (Å²) in [6.07, 6.45) is 0.371. The Labute approximate surface area is 219 Å². The molecule has 0 saturated heterocycles. The zero-order valence-electron chi connectivity index (χ0n) is 21.3. The predicted octanol–water partition coefficient (Wildman–Crippen LogP) is 3.54. The van der Waals surface area contributed by atoms with Gasteiger partial charge in [-0.1, -0.05) is 12.1 Å². The van der Waals surface area contributed by atoms with Crippen molar-refractivity contribution in [3.05, 3.63) is 78.1 Å². The number of aryl methyl sites for hydroxylation is 1. The summed E-state index contributed by atoms with van der Waals surface area (Å²) in [5.41, 5.74) is 1.42. The highest BCUT2D eigenvalue weighted by atomic mass is 32.2. The van der Waals surface area contributed by atoms with Gasteiger partial charge in [0.1, 0.15) is 34.8 Å². The van der Waals surface area contributed by atoms with E-state index in [1.807, 2.05) is 12.1 Å². The largest absolute Gasteiger partial charge is 0.494 e. The normalized spacial score (nSPS) is 13.5. The van der Waals surface area contributed by atoms with E-state index in [1.165, 1.54) is 21.1 Å². The number of para-hydroxylation sites is 1. The lowest BCUT2D eigenvalue weighted by Crippen LogP contribution is -2.28. The summed E-state index contributed by atoms with van der Waals surface area (Å²) in [4.78, 5) is 0. The molecule has 0 aliphatic rings. The molecule has 0 amide bonds. The van der Waals surface area contributed by atoms with Gasteiger partial charge in [-0.3, -0.25) is 4.57 Å². The van der Waals surface area contributed by atoms with Gasteiger partial charge in [0.25, 0.3) is 0 Å². The Morgan fingerprint density at radius 3 is 2.39 bits per heavy atom. The summed E-state index contributed by atoms with van der Waals surface area (Å²) in [5.74, 6) is 1.75. The minimum absolute atomic E-state index is 0.103. The number of methoxy groups -OCH3 is 2. The Morgan fingerprint density at radius 1 is 1.03 bits per heavy atom. The zero-order chi connectivity index (χ0) is 27.0. The van der Waals surface area contributed by atoms with Crippen molar-refractivity contribution < 1.29 is 27.4 Å². The van der Waals surface area contributed by atoms with Crippen LogP contribution in [0.2, 0.25) is 0 Å². The van der Waals surface area contributed by atoms with Crippen molar-refractivity contribution in [3.63, 3.8) is 0 Å². The van der Waals surface area contributed by atoms with Gasteiger partial charge >= 0.3 is 0 Å². The van der Waals surface area contributed by atoms with Crippen LogP contribution in [0.25, 0.3) is 22.8 Å². The number of ether oxygens (including phenoxy) is 2. The summed E-state index contributed by atoms with van der Waals surface area (Å²) >= 11 is 0. The molecular formula is C26H27N5O6S. The molecule has 1 aromatic carbocycles. The number of fused-ring (bicyclic) bond motifs is 1. The third kappa shape index (κ3) is 4.52. The lowest BCUT2D eigenvalue weighted by molar-refractivity contribution is 0.170. The number of hydrogen-bond acceptors (Lipinski definition) is 9. The van der Waals surface area contributed by atoms with Crippen molar-refractivity contribution in [1.29, 1.82) is 0 Å². The maximum atomic E-state index is 13.6. The number of nitrogens with zero attached hydrogens (tertiary/aromatic N) is 5. The van der Waals surface area contributed by atoms with Crippen molar-refractivity contribution in [3.8, 4) is 28.8 Å². The Balaban J connectivity index is 1.58. The molecule has 198 valence electrons. The van der Waals surface area contributed by atoms with Crippen LogP contribution in [0.5, 0.6) is 11.5 Å². The minimum Gasteiger partial charge on any atom is -0.494 e. The maximum absolute atomic E-state index is 13.6. The highest BCUT2D eigenvalue weighted by Gasteiger charge is 2.34. The van der Waals surface area contributed by atoms with Crippen molar-refractivity contribution in [2.45, 2.75) is 31.0 Å². The molecule has 5 aromatic rings. The fraction of sp³-hybridized carbons (Fsp3) is 0.269. The number of rotatable bonds is 9. The van der Waals surface area contributed by atoms with E-state index in [2.05, 4.69) is 15.3 Å². The highest BCUT2D eigenvalue weighted by molar-refractivity contribution is 7.91. The second-order valence-corrected chi connectivity index (χ2v) is 11.2. The molecule has 4 aromatic heterocycles. The van der Waals surface area contributed by atoms with Crippen LogP contribution in [0.3, 0.4) is 0 Å². The zero-order valence-corrected chi connectivity index (χ0v) is 22.1. The molecule has 4 heterocycles. The molecule has 0 bridgehead atoms. The van der Waals surface area contributed by atoms with E-state index in [0.29, 0.717) is 28.7 Å². The molecule has 38 heavy (non-hydrogen) atoms. The van der Waals surface area contributed by atoms with Crippen molar-refractivity contribution in [1.82, 2.24) is 24.4 Å². The molecular weight excluding hydrogens is 510 g/mol. The van der Waals surface area contributed by atoms with E-state index in [9.17, 15) is 13.5 Å². The van der Waals surface area contributed by atoms with Crippen LogP contribution in [0.4, 0.5) is 0 Å². The predicted molar refractivity (Wildman–Crippen MR) is 139 cm³/mol. The second kappa shape index (κ2) is 9.95. The first kappa shape index (κ1) is 25.5. The highest BCUT2D eigenvalue weighted by Crippen LogP contribution is 2.37. The number of pyridine rings is 1. The van der Waals surface area contributed by atoms with E-state index in [4.69, 9.17) is 13.9 Å². The lowest BCUT2D eigenvalue weighted by Gasteiger charge is -2.19. The third-order valence-corrected chi connectivity index (χ3v) is 8.40. The Hall–Kier alpha value is -4.16. The number of aliphatic hydroxyl groups is 1. The Kier molecular flexibility index (Phi) is 6.67. The summed E-state index contributed by atoms with van der Waals surface area (Å²) in [6, 6.07) is 15.8. The Morgan fingerprint density at radius 2 is 1.76 bits per heavy atom. The van der Waals surface area contributed by atoms with E-state index in [-0.39, 0.29) is 17.3 Å². The first-order valence-electron chi connectivity index (χ1n) is 11.8. The van der Waals surface area contributed by atoms with Gasteiger partial charge in [-0.2, -0.15) is 5.10 Å². The van der Waals surface area contributed by atoms with Crippen LogP contribution in [0.1, 0.15) is 30.3 Å². The standard InChI is InChI=1S/C26H27N5O6S/c1-16-11-12-22(37-16)26-28-27-23(31(26)24-20(35-3)9-7-10-21(24)36-4)15-38(33,34)17(2)25(32)19-14-18-8-5-6-13-30(18)29-19/h5-14,17,25,32H,15H2,1-4H3/t17-,25-/m1/s1. The number of sulfone groups is 1. The van der Waals surface area contributed by atoms with Gasteiger partial charge in [0.2, 0.25) is 5.82 Å². The molecule has 0 aliphatic carbocycles. The summed E-state index contributed by atoms with van der Waals surface area (Å²) in [7, 11) is -0.960. The second-order valence-electron chi connectivity index (χ2n) is 8.79. The monoisotopic (exact) mass is 537 g/mol. The summed E-state index contributed by atoms with van der Waals surface area (Å²) in [5, 5.41) is 22.6. The number of hydrogen-bond donors (Lipinski definition) is 1. The SMILES string of the molecule is COc1cccc(OC)c1-n1c(CS(=O)(=O)[C@H](C)[C@@H](O)c2cc3ccccn3n2)nnc1-c1ccc(C)o1. The first-order chi connectivity index (χ1) is 18.2. The molecule has 0 radical (unpaired) electrons. The molecule has 0 aliphatic heterocycles. The molecule has 1 N–H and O–H groups in total. The molecule has 11 nitrogen and oxygen atoms in total. The molecule has 0 spiro atoms. The number of aliphatic hydroxyl groups excluding tert-OH is 1. The van der Waals surface area contributed by atoms with Crippen molar-refractivity contribution >= 4 is 15.4 Å². The maximum Gasteiger partial charge on any atom is 0.204 e. The molecule has 12 heteroatoms. The average Bonchev–Trinajstić information content (AvgIpc) is 3.65. The molecule has 0 saturated carbocycles. The van der Waals surface area contributed by atoms with Gasteiger partial charge in [-0.05, 0) is 56.3 Å². The third-order valence-electron chi connectivity index (χ3n) is 6.35. The van der Waals surface area contributed by atoms with Gasteiger partial charge in [0, 0.05) is 6.20 Å². The number of furan rings is 1. The summed E-state index contributed by atoms with van der Waals surface area (Å²) in [6.45, 7) is 3.24. The van der Waals surface area contributed by atoms with Crippen LogP contribution in [0.15, 0.2) is 65.2 Å². The molecule has 0 fully saturated rings. The molecule has 2 atom stereocenters. The smallest absolute Gasteiger partial charge is 0.204 e. The fourth-order valence-corrected chi connectivity index (χ4v) is 5.60. The van der Waals surface area contributed by atoms with Crippen LogP contribution >= 0.6 is 0 Å². The molecule has 0 unspecified atom stereocenters. The van der Waals surface area contributed by atoms with E-state index < -0.39 is 26.9 Å². The van der Waals surface area contributed by atoms with Gasteiger partial charge < -0.3 is 19.0 Å². The minimum atomic E-state index is -3.97. The quantitative estimate of drug-likeness (QED) is 0.300. The topological polar surface area (TPSA) is 134 Å². The van der Waals surface area contributed by atoms with Gasteiger partial charge in [-0.25, -0.2) is 12.9 Å². The van der Waals surface area contributed by atoms with Crippen LogP contribution < -0.4 is 9.47 Å². The summed E-state index contributed by atoms with van der Waals surface area (Å²) < 4.78 is 47.3.